The zero-order valence-corrected chi connectivity index (χ0v) is 15.6. The van der Waals surface area contributed by atoms with Crippen molar-refractivity contribution in [3.05, 3.63) is 35.4 Å². The minimum Gasteiger partial charge on any atom is -0.372 e. The molecule has 1 fully saturated rings. The van der Waals surface area contributed by atoms with Gasteiger partial charge in [0.1, 0.15) is 18.2 Å². The van der Waals surface area contributed by atoms with Gasteiger partial charge >= 0.3 is 6.18 Å². The zero-order chi connectivity index (χ0) is 21.4. The summed E-state index contributed by atoms with van der Waals surface area (Å²) in [6, 6.07) is 2.54. The van der Waals surface area contributed by atoms with E-state index in [2.05, 4.69) is 10.1 Å². The van der Waals surface area contributed by atoms with Gasteiger partial charge in [-0.3, -0.25) is 14.5 Å². The average Bonchev–Trinajstić information content (AvgIpc) is 2.65. The van der Waals surface area contributed by atoms with Gasteiger partial charge in [0, 0.05) is 45.4 Å². The van der Waals surface area contributed by atoms with Gasteiger partial charge < -0.3 is 15.0 Å². The highest BCUT2D eigenvalue weighted by Gasteiger charge is 2.27. The Labute approximate surface area is 164 Å². The quantitative estimate of drug-likeness (QED) is 0.512. The fourth-order valence-corrected chi connectivity index (χ4v) is 2.84. The van der Waals surface area contributed by atoms with Crippen molar-refractivity contribution in [3.63, 3.8) is 0 Å². The number of benzene rings is 1. The number of piperazine rings is 1. The lowest BCUT2D eigenvalue weighted by Crippen LogP contribution is -2.51. The van der Waals surface area contributed by atoms with Crippen LogP contribution < -0.4 is 5.32 Å². The van der Waals surface area contributed by atoms with Crippen LogP contribution in [0.15, 0.2) is 18.2 Å². The van der Waals surface area contributed by atoms with Crippen molar-refractivity contribution in [1.29, 1.82) is 0 Å². The van der Waals surface area contributed by atoms with Crippen LogP contribution in [-0.4, -0.2) is 80.3 Å². The number of hydrogen-bond acceptors (Lipinski definition) is 4. The van der Waals surface area contributed by atoms with Crippen molar-refractivity contribution < 1.29 is 36.3 Å². The summed E-state index contributed by atoms with van der Waals surface area (Å²) in [5.41, 5.74) is -0.350. The Kier molecular flexibility index (Phi) is 8.32. The Balaban J connectivity index is 1.65. The third-order valence-electron chi connectivity index (χ3n) is 4.33. The number of alkyl halides is 3. The van der Waals surface area contributed by atoms with Gasteiger partial charge in [0.15, 0.2) is 0 Å². The number of nitrogens with zero attached hydrogens (tertiary/aromatic N) is 2. The minimum atomic E-state index is -4.33. The Morgan fingerprint density at radius 3 is 2.41 bits per heavy atom. The molecule has 0 unspecified atom stereocenters. The van der Waals surface area contributed by atoms with E-state index in [1.165, 1.54) is 4.90 Å². The molecule has 0 atom stereocenters. The van der Waals surface area contributed by atoms with Crippen LogP contribution in [0.2, 0.25) is 0 Å². The molecule has 1 heterocycles. The summed E-state index contributed by atoms with van der Waals surface area (Å²) >= 11 is 0. The van der Waals surface area contributed by atoms with Crippen LogP contribution >= 0.6 is 0 Å². The van der Waals surface area contributed by atoms with Crippen molar-refractivity contribution >= 4 is 11.8 Å². The van der Waals surface area contributed by atoms with Crippen molar-refractivity contribution in [2.75, 3.05) is 52.5 Å². The maximum Gasteiger partial charge on any atom is 0.411 e. The zero-order valence-electron chi connectivity index (χ0n) is 15.6. The maximum absolute atomic E-state index is 13.6. The van der Waals surface area contributed by atoms with Gasteiger partial charge in [0.2, 0.25) is 5.91 Å². The van der Waals surface area contributed by atoms with Gasteiger partial charge in [0.25, 0.3) is 5.91 Å². The molecule has 0 spiro atoms. The van der Waals surface area contributed by atoms with E-state index in [-0.39, 0.29) is 24.6 Å². The molecule has 1 aliphatic heterocycles. The third-order valence-corrected chi connectivity index (χ3v) is 4.33. The van der Waals surface area contributed by atoms with Gasteiger partial charge in [-0.25, -0.2) is 8.78 Å². The molecule has 1 aliphatic rings. The second-order valence-corrected chi connectivity index (χ2v) is 6.55. The van der Waals surface area contributed by atoms with Crippen LogP contribution in [0.3, 0.4) is 0 Å². The summed E-state index contributed by atoms with van der Waals surface area (Å²) in [5.74, 6) is -2.97. The fraction of sp³-hybridized carbons (Fsp3) is 0.556. The molecule has 11 heteroatoms. The molecule has 1 saturated heterocycles. The van der Waals surface area contributed by atoms with Crippen molar-refractivity contribution in [2.24, 2.45) is 0 Å². The number of hydrogen-bond donors (Lipinski definition) is 1. The Morgan fingerprint density at radius 1 is 1.10 bits per heavy atom. The number of ether oxygens (including phenoxy) is 1. The van der Waals surface area contributed by atoms with Gasteiger partial charge in [-0.15, -0.1) is 0 Å². The van der Waals surface area contributed by atoms with E-state index >= 15 is 0 Å². The molecule has 6 nitrogen and oxygen atoms in total. The summed E-state index contributed by atoms with van der Waals surface area (Å²) in [6.07, 6.45) is -3.88. The number of rotatable bonds is 8. The summed E-state index contributed by atoms with van der Waals surface area (Å²) in [5, 5.41) is 2.31. The highest BCUT2D eigenvalue weighted by Crippen LogP contribution is 2.14. The highest BCUT2D eigenvalue weighted by atomic mass is 19.4. The van der Waals surface area contributed by atoms with Gasteiger partial charge in [-0.05, 0) is 18.6 Å². The molecule has 1 aromatic carbocycles. The van der Waals surface area contributed by atoms with E-state index in [0.29, 0.717) is 45.2 Å². The molecule has 0 aromatic heterocycles. The van der Waals surface area contributed by atoms with E-state index in [9.17, 15) is 31.5 Å². The van der Waals surface area contributed by atoms with Crippen LogP contribution in [0, 0.1) is 11.6 Å². The van der Waals surface area contributed by atoms with Crippen LogP contribution in [0.5, 0.6) is 0 Å². The number of halogens is 5. The van der Waals surface area contributed by atoms with Crippen LogP contribution in [0.1, 0.15) is 16.8 Å². The summed E-state index contributed by atoms with van der Waals surface area (Å²) in [4.78, 5) is 27.6. The normalized spacial score (nSPS) is 15.4. The predicted octanol–water partition coefficient (Wildman–Crippen LogP) is 1.81. The van der Waals surface area contributed by atoms with Crippen LogP contribution in [-0.2, 0) is 9.53 Å². The summed E-state index contributed by atoms with van der Waals surface area (Å²) < 4.78 is 66.9. The molecule has 0 bridgehead atoms. The average molecular weight is 423 g/mol. The first kappa shape index (κ1) is 23.0. The first-order valence-corrected chi connectivity index (χ1v) is 9.03. The summed E-state index contributed by atoms with van der Waals surface area (Å²) in [7, 11) is 0. The standard InChI is InChI=1S/C18H22F5N3O3/c19-13-2-3-14(15(20)10-13)17(28)24-11-16(27)26-7-5-25(6-8-26)4-1-9-29-12-18(21,22)23/h2-3,10H,1,4-9,11-12H2,(H,24,28). The molecule has 1 aromatic rings. The number of nitrogens with one attached hydrogen (secondary N) is 1. The van der Waals surface area contributed by atoms with Gasteiger partial charge in [-0.2, -0.15) is 13.2 Å². The van der Waals surface area contributed by atoms with Crippen LogP contribution in [0.25, 0.3) is 0 Å². The molecule has 0 aliphatic carbocycles. The Morgan fingerprint density at radius 2 is 1.79 bits per heavy atom. The molecule has 2 rings (SSSR count). The van der Waals surface area contributed by atoms with Crippen molar-refractivity contribution in [1.82, 2.24) is 15.1 Å². The lowest BCUT2D eigenvalue weighted by atomic mass is 10.2. The van der Waals surface area contributed by atoms with Gasteiger partial charge in [0.05, 0.1) is 12.1 Å². The second-order valence-electron chi connectivity index (χ2n) is 6.55. The van der Waals surface area contributed by atoms with E-state index in [4.69, 9.17) is 0 Å². The van der Waals surface area contributed by atoms with Crippen molar-refractivity contribution in [3.8, 4) is 0 Å². The molecule has 162 valence electrons. The van der Waals surface area contributed by atoms with E-state index in [0.717, 1.165) is 12.1 Å². The number of carbonyl (C=O) groups is 2. The third kappa shape index (κ3) is 7.94. The van der Waals surface area contributed by atoms with E-state index < -0.39 is 30.3 Å². The molecule has 0 saturated carbocycles. The second kappa shape index (κ2) is 10.5. The number of amides is 2. The topological polar surface area (TPSA) is 61.9 Å². The molecule has 2 amide bonds. The summed E-state index contributed by atoms with van der Waals surface area (Å²) in [6.45, 7) is 0.887. The van der Waals surface area contributed by atoms with Crippen molar-refractivity contribution in [2.45, 2.75) is 12.6 Å². The molecule has 29 heavy (non-hydrogen) atoms. The molecular formula is C18H22F5N3O3. The lowest BCUT2D eigenvalue weighted by Gasteiger charge is -2.34. The van der Waals surface area contributed by atoms with Crippen LogP contribution in [0.4, 0.5) is 22.0 Å². The molecule has 1 N–H and O–H groups in total. The first-order valence-electron chi connectivity index (χ1n) is 9.03. The maximum atomic E-state index is 13.6. The van der Waals surface area contributed by atoms with E-state index in [1.54, 1.807) is 0 Å². The molecule has 0 radical (unpaired) electrons. The largest absolute Gasteiger partial charge is 0.411 e. The predicted molar refractivity (Wildman–Crippen MR) is 93.2 cm³/mol. The highest BCUT2D eigenvalue weighted by molar-refractivity contribution is 5.96. The molecular weight excluding hydrogens is 401 g/mol. The lowest BCUT2D eigenvalue weighted by molar-refractivity contribution is -0.174. The smallest absolute Gasteiger partial charge is 0.372 e. The Hall–Kier alpha value is -2.27. The first-order chi connectivity index (χ1) is 13.7. The van der Waals surface area contributed by atoms with Gasteiger partial charge in [-0.1, -0.05) is 0 Å². The fourth-order valence-electron chi connectivity index (χ4n) is 2.84. The monoisotopic (exact) mass is 423 g/mol. The SMILES string of the molecule is O=C(NCC(=O)N1CCN(CCCOCC(F)(F)F)CC1)c1ccc(F)cc1F. The number of carbonyl (C=O) groups excluding carboxylic acids is 2. The Bertz CT molecular complexity index is 706. The van der Waals surface area contributed by atoms with E-state index in [1.807, 2.05) is 4.90 Å². The minimum absolute atomic E-state index is 0.00459.